The molecule has 3 nitrogen and oxygen atoms in total. The molecule has 96 valence electrons. The van der Waals surface area contributed by atoms with Crippen LogP contribution in [0.1, 0.15) is 21.8 Å². The van der Waals surface area contributed by atoms with Crippen molar-refractivity contribution in [2.75, 3.05) is 7.05 Å². The Labute approximate surface area is 112 Å². The van der Waals surface area contributed by atoms with Crippen LogP contribution in [0, 0.1) is 13.8 Å². The summed E-state index contributed by atoms with van der Waals surface area (Å²) >= 11 is 1.66. The van der Waals surface area contributed by atoms with E-state index in [4.69, 9.17) is 4.74 Å². The number of hydrogen-bond acceptors (Lipinski definition) is 4. The molecule has 1 heterocycles. The van der Waals surface area contributed by atoms with Gasteiger partial charge in [0.1, 0.15) is 17.4 Å². The molecule has 0 bridgehead atoms. The predicted molar refractivity (Wildman–Crippen MR) is 75.1 cm³/mol. The van der Waals surface area contributed by atoms with Gasteiger partial charge in [-0.15, -0.1) is 11.3 Å². The van der Waals surface area contributed by atoms with Crippen molar-refractivity contribution in [3.05, 3.63) is 45.4 Å². The van der Waals surface area contributed by atoms with E-state index < -0.39 is 0 Å². The van der Waals surface area contributed by atoms with Gasteiger partial charge in [0.25, 0.3) is 0 Å². The van der Waals surface area contributed by atoms with Crippen LogP contribution in [0.15, 0.2) is 23.6 Å². The smallest absolute Gasteiger partial charge is 0.131 e. The second kappa shape index (κ2) is 5.98. The lowest BCUT2D eigenvalue weighted by atomic mass is 10.1. The zero-order valence-corrected chi connectivity index (χ0v) is 11.8. The van der Waals surface area contributed by atoms with E-state index in [2.05, 4.69) is 47.7 Å². The molecule has 2 rings (SSSR count). The molecule has 0 saturated heterocycles. The summed E-state index contributed by atoms with van der Waals surface area (Å²) in [6, 6.07) is 6.24. The largest absolute Gasteiger partial charge is 0.487 e. The van der Waals surface area contributed by atoms with E-state index in [1.807, 2.05) is 7.05 Å². The Bertz CT molecular complexity index is 522. The van der Waals surface area contributed by atoms with Crippen molar-refractivity contribution in [2.45, 2.75) is 27.0 Å². The first kappa shape index (κ1) is 13.1. The summed E-state index contributed by atoms with van der Waals surface area (Å²) in [4.78, 5) is 4.50. The summed E-state index contributed by atoms with van der Waals surface area (Å²) in [5, 5.41) is 6.24. The number of rotatable bonds is 5. The van der Waals surface area contributed by atoms with Gasteiger partial charge in [-0.25, -0.2) is 4.98 Å². The summed E-state index contributed by atoms with van der Waals surface area (Å²) in [5.41, 5.74) is 3.36. The Balaban J connectivity index is 1.99. The second-order valence-corrected chi connectivity index (χ2v) is 5.26. The van der Waals surface area contributed by atoms with Crippen molar-refractivity contribution in [3.63, 3.8) is 0 Å². The minimum Gasteiger partial charge on any atom is -0.487 e. The summed E-state index contributed by atoms with van der Waals surface area (Å²) in [7, 11) is 1.92. The molecule has 0 fully saturated rings. The molecule has 2 aromatic rings. The van der Waals surface area contributed by atoms with Gasteiger partial charge in [0.2, 0.25) is 0 Å². The molecule has 0 spiro atoms. The van der Waals surface area contributed by atoms with Crippen molar-refractivity contribution in [1.82, 2.24) is 10.3 Å². The number of thiazole rings is 1. The highest BCUT2D eigenvalue weighted by atomic mass is 32.1. The fraction of sp³-hybridized carbons (Fsp3) is 0.357. The minimum absolute atomic E-state index is 0.532. The van der Waals surface area contributed by atoms with Gasteiger partial charge in [-0.1, -0.05) is 12.1 Å². The van der Waals surface area contributed by atoms with Gasteiger partial charge in [-0.05, 0) is 38.1 Å². The fourth-order valence-electron chi connectivity index (χ4n) is 1.66. The van der Waals surface area contributed by atoms with Crippen molar-refractivity contribution in [3.8, 4) is 5.75 Å². The van der Waals surface area contributed by atoms with Gasteiger partial charge < -0.3 is 10.1 Å². The van der Waals surface area contributed by atoms with E-state index in [1.165, 1.54) is 5.56 Å². The standard InChI is InChI=1S/C14H18N2OS/c1-10-4-5-11(2)13(6-10)17-8-12-9-18-14(16-12)7-15-3/h4-6,9,15H,7-8H2,1-3H3. The highest BCUT2D eigenvalue weighted by Gasteiger charge is 2.04. The topological polar surface area (TPSA) is 34.2 Å². The Morgan fingerprint density at radius 2 is 2.17 bits per heavy atom. The van der Waals surface area contributed by atoms with E-state index in [0.29, 0.717) is 6.61 Å². The predicted octanol–water partition coefficient (Wildman–Crippen LogP) is 3.06. The third-order valence-electron chi connectivity index (χ3n) is 2.65. The molecule has 0 unspecified atom stereocenters. The van der Waals surface area contributed by atoms with Crippen LogP contribution in [0.2, 0.25) is 0 Å². The van der Waals surface area contributed by atoms with Crippen LogP contribution in [-0.4, -0.2) is 12.0 Å². The molecule has 0 aliphatic heterocycles. The SMILES string of the molecule is CNCc1nc(COc2cc(C)ccc2C)cs1. The molecule has 0 aliphatic carbocycles. The third kappa shape index (κ3) is 3.31. The maximum Gasteiger partial charge on any atom is 0.131 e. The van der Waals surface area contributed by atoms with E-state index in [0.717, 1.165) is 28.6 Å². The summed E-state index contributed by atoms with van der Waals surface area (Å²) in [5.74, 6) is 0.943. The lowest BCUT2D eigenvalue weighted by molar-refractivity contribution is 0.299. The molecule has 1 aromatic heterocycles. The molecule has 1 N–H and O–H groups in total. The lowest BCUT2D eigenvalue weighted by Gasteiger charge is -2.08. The van der Waals surface area contributed by atoms with Crippen LogP contribution >= 0.6 is 11.3 Å². The Hall–Kier alpha value is -1.39. The van der Waals surface area contributed by atoms with Crippen LogP contribution in [0.4, 0.5) is 0 Å². The van der Waals surface area contributed by atoms with Gasteiger partial charge in [0.05, 0.1) is 5.69 Å². The summed E-state index contributed by atoms with van der Waals surface area (Å²) < 4.78 is 5.82. The molecule has 0 amide bonds. The quantitative estimate of drug-likeness (QED) is 0.899. The van der Waals surface area contributed by atoms with E-state index in [-0.39, 0.29) is 0 Å². The normalized spacial score (nSPS) is 10.6. The van der Waals surface area contributed by atoms with Gasteiger partial charge in [0.15, 0.2) is 0 Å². The van der Waals surface area contributed by atoms with Crippen molar-refractivity contribution < 1.29 is 4.74 Å². The van der Waals surface area contributed by atoms with Crippen LogP contribution in [0.25, 0.3) is 0 Å². The Morgan fingerprint density at radius 1 is 1.33 bits per heavy atom. The molecule has 18 heavy (non-hydrogen) atoms. The van der Waals surface area contributed by atoms with Crippen LogP contribution in [0.5, 0.6) is 5.75 Å². The van der Waals surface area contributed by atoms with Crippen LogP contribution < -0.4 is 10.1 Å². The molecule has 0 atom stereocenters. The van der Waals surface area contributed by atoms with E-state index in [1.54, 1.807) is 11.3 Å². The zero-order valence-electron chi connectivity index (χ0n) is 11.0. The molecule has 0 radical (unpaired) electrons. The first-order valence-electron chi connectivity index (χ1n) is 5.97. The molecular weight excluding hydrogens is 244 g/mol. The summed E-state index contributed by atoms with van der Waals surface area (Å²) in [6.45, 7) is 5.47. The van der Waals surface area contributed by atoms with Crippen LogP contribution in [0.3, 0.4) is 0 Å². The lowest BCUT2D eigenvalue weighted by Crippen LogP contribution is -2.05. The third-order valence-corrected chi connectivity index (χ3v) is 3.54. The van der Waals surface area contributed by atoms with Crippen molar-refractivity contribution in [2.24, 2.45) is 0 Å². The van der Waals surface area contributed by atoms with Crippen LogP contribution in [-0.2, 0) is 13.2 Å². The number of benzene rings is 1. The highest BCUT2D eigenvalue weighted by Crippen LogP contribution is 2.20. The van der Waals surface area contributed by atoms with Crippen molar-refractivity contribution >= 4 is 11.3 Å². The minimum atomic E-state index is 0.532. The fourth-order valence-corrected chi connectivity index (χ4v) is 2.45. The molecule has 0 aliphatic rings. The van der Waals surface area contributed by atoms with E-state index >= 15 is 0 Å². The molecule has 0 saturated carbocycles. The number of nitrogens with zero attached hydrogens (tertiary/aromatic N) is 1. The van der Waals surface area contributed by atoms with Crippen molar-refractivity contribution in [1.29, 1.82) is 0 Å². The first-order chi connectivity index (χ1) is 8.69. The Morgan fingerprint density at radius 3 is 2.94 bits per heavy atom. The van der Waals surface area contributed by atoms with Gasteiger partial charge in [-0.2, -0.15) is 0 Å². The second-order valence-electron chi connectivity index (χ2n) is 4.32. The summed E-state index contributed by atoms with van der Waals surface area (Å²) in [6.07, 6.45) is 0. The van der Waals surface area contributed by atoms with Gasteiger partial charge >= 0.3 is 0 Å². The number of ether oxygens (including phenoxy) is 1. The molecular formula is C14H18N2OS. The zero-order chi connectivity index (χ0) is 13.0. The number of aryl methyl sites for hydroxylation is 2. The molecule has 1 aromatic carbocycles. The first-order valence-corrected chi connectivity index (χ1v) is 6.85. The monoisotopic (exact) mass is 262 g/mol. The molecule has 4 heteroatoms. The van der Waals surface area contributed by atoms with Gasteiger partial charge in [-0.3, -0.25) is 0 Å². The van der Waals surface area contributed by atoms with Gasteiger partial charge in [0, 0.05) is 11.9 Å². The highest BCUT2D eigenvalue weighted by molar-refractivity contribution is 7.09. The Kier molecular flexibility index (Phi) is 4.33. The number of hydrogen-bond donors (Lipinski definition) is 1. The average molecular weight is 262 g/mol. The number of nitrogens with one attached hydrogen (secondary N) is 1. The maximum absolute atomic E-state index is 5.82. The maximum atomic E-state index is 5.82. The number of aromatic nitrogens is 1. The average Bonchev–Trinajstić information content (AvgIpc) is 2.79. The van der Waals surface area contributed by atoms with E-state index in [9.17, 15) is 0 Å².